The number of rotatable bonds is 6. The molecule has 0 radical (unpaired) electrons. The SMILES string of the molecule is CC(=O)c1c(C)[nH]c(C(=O)OCC(=O)N[C@H](C)c2ccc(Cl)cc2)c1C. The number of aryl methyl sites for hydroxylation is 1. The number of carbonyl (C=O) groups excluding carboxylic acids is 3. The summed E-state index contributed by atoms with van der Waals surface area (Å²) in [4.78, 5) is 38.7. The lowest BCUT2D eigenvalue weighted by atomic mass is 10.1. The van der Waals surface area contributed by atoms with Crippen LogP contribution in [-0.4, -0.2) is 29.3 Å². The van der Waals surface area contributed by atoms with E-state index < -0.39 is 18.5 Å². The molecule has 0 saturated carbocycles. The molecule has 1 aromatic heterocycles. The number of carbonyl (C=O) groups is 3. The first kappa shape index (κ1) is 19.7. The molecule has 7 heteroatoms. The Kier molecular flexibility index (Phi) is 6.21. The molecule has 0 unspecified atom stereocenters. The van der Waals surface area contributed by atoms with Crippen LogP contribution in [0.25, 0.3) is 0 Å². The number of ketones is 1. The highest BCUT2D eigenvalue weighted by Gasteiger charge is 2.21. The van der Waals surface area contributed by atoms with Crippen LogP contribution in [0.4, 0.5) is 0 Å². The average Bonchev–Trinajstić information content (AvgIpc) is 2.87. The average molecular weight is 377 g/mol. The summed E-state index contributed by atoms with van der Waals surface area (Å²) in [6.07, 6.45) is 0. The van der Waals surface area contributed by atoms with Gasteiger partial charge in [0.25, 0.3) is 5.91 Å². The van der Waals surface area contributed by atoms with Gasteiger partial charge in [-0.25, -0.2) is 4.79 Å². The number of H-pyrrole nitrogens is 1. The number of benzene rings is 1. The van der Waals surface area contributed by atoms with Crippen LogP contribution in [0.5, 0.6) is 0 Å². The maximum absolute atomic E-state index is 12.2. The molecule has 1 aromatic carbocycles. The van der Waals surface area contributed by atoms with Gasteiger partial charge in [0.05, 0.1) is 6.04 Å². The molecule has 2 rings (SSSR count). The Labute approximate surface area is 156 Å². The molecule has 1 amide bonds. The number of esters is 1. The van der Waals surface area contributed by atoms with Crippen molar-refractivity contribution in [1.29, 1.82) is 0 Å². The Bertz CT molecular complexity index is 840. The number of hydrogen-bond donors (Lipinski definition) is 2. The molecule has 0 fully saturated rings. The summed E-state index contributed by atoms with van der Waals surface area (Å²) in [6, 6.07) is 6.85. The Balaban J connectivity index is 1.95. The highest BCUT2D eigenvalue weighted by Crippen LogP contribution is 2.19. The summed E-state index contributed by atoms with van der Waals surface area (Å²) in [5.74, 6) is -1.23. The van der Waals surface area contributed by atoms with Crippen molar-refractivity contribution in [2.24, 2.45) is 0 Å². The van der Waals surface area contributed by atoms with E-state index in [0.29, 0.717) is 21.8 Å². The van der Waals surface area contributed by atoms with Crippen LogP contribution in [-0.2, 0) is 9.53 Å². The summed E-state index contributed by atoms with van der Waals surface area (Å²) >= 11 is 5.84. The zero-order chi connectivity index (χ0) is 19.4. The number of halogens is 1. The minimum Gasteiger partial charge on any atom is -0.451 e. The van der Waals surface area contributed by atoms with Gasteiger partial charge in [-0.15, -0.1) is 0 Å². The topological polar surface area (TPSA) is 88.3 Å². The van der Waals surface area contributed by atoms with Gasteiger partial charge in [-0.2, -0.15) is 0 Å². The van der Waals surface area contributed by atoms with Crippen LogP contribution in [0.1, 0.15) is 57.6 Å². The molecule has 0 saturated heterocycles. The highest BCUT2D eigenvalue weighted by molar-refractivity contribution is 6.30. The zero-order valence-corrected chi connectivity index (χ0v) is 15.9. The number of hydrogen-bond acceptors (Lipinski definition) is 4. The first-order valence-electron chi connectivity index (χ1n) is 8.12. The van der Waals surface area contributed by atoms with Gasteiger partial charge in [-0.3, -0.25) is 9.59 Å². The Morgan fingerprint density at radius 3 is 2.35 bits per heavy atom. The molecule has 2 aromatic rings. The standard InChI is InChI=1S/C19H21ClN2O4/c1-10-17(13(4)23)12(3)22-18(10)19(25)26-9-16(24)21-11(2)14-5-7-15(20)8-6-14/h5-8,11,22H,9H2,1-4H3,(H,21,24)/t11-/m1/s1. The molecule has 0 bridgehead atoms. The monoisotopic (exact) mass is 376 g/mol. The van der Waals surface area contributed by atoms with Crippen LogP contribution < -0.4 is 5.32 Å². The quantitative estimate of drug-likeness (QED) is 0.596. The first-order chi connectivity index (χ1) is 12.2. The fourth-order valence-corrected chi connectivity index (χ4v) is 2.93. The summed E-state index contributed by atoms with van der Waals surface area (Å²) in [5, 5.41) is 3.36. The van der Waals surface area contributed by atoms with Gasteiger partial charge < -0.3 is 15.0 Å². The lowest BCUT2D eigenvalue weighted by Gasteiger charge is -2.14. The molecule has 2 N–H and O–H groups in total. The van der Waals surface area contributed by atoms with Crippen LogP contribution >= 0.6 is 11.6 Å². The second-order valence-electron chi connectivity index (χ2n) is 6.10. The van der Waals surface area contributed by atoms with Crippen molar-refractivity contribution in [2.45, 2.75) is 33.7 Å². The first-order valence-corrected chi connectivity index (χ1v) is 8.50. The van der Waals surface area contributed by atoms with Crippen molar-refractivity contribution in [2.75, 3.05) is 6.61 Å². The fourth-order valence-electron chi connectivity index (χ4n) is 2.80. The number of aromatic amines is 1. The highest BCUT2D eigenvalue weighted by atomic mass is 35.5. The number of Topliss-reactive ketones (excluding diaryl/α,β-unsaturated/α-hetero) is 1. The summed E-state index contributed by atoms with van der Waals surface area (Å²) in [7, 11) is 0. The van der Waals surface area contributed by atoms with Crippen molar-refractivity contribution >= 4 is 29.3 Å². The van der Waals surface area contributed by atoms with Crippen molar-refractivity contribution in [3.63, 3.8) is 0 Å². The van der Waals surface area contributed by atoms with Crippen molar-refractivity contribution in [3.8, 4) is 0 Å². The van der Waals surface area contributed by atoms with E-state index >= 15 is 0 Å². The maximum Gasteiger partial charge on any atom is 0.355 e. The molecule has 1 atom stereocenters. The number of aromatic nitrogens is 1. The van der Waals surface area contributed by atoms with Crippen LogP contribution in [0, 0.1) is 13.8 Å². The molecule has 0 spiro atoms. The molecular formula is C19H21ClN2O4. The summed E-state index contributed by atoms with van der Waals surface area (Å²) in [6.45, 7) is 6.22. The third-order valence-corrected chi connectivity index (χ3v) is 4.33. The Morgan fingerprint density at radius 2 is 1.81 bits per heavy atom. The van der Waals surface area contributed by atoms with E-state index in [0.717, 1.165) is 5.56 Å². The van der Waals surface area contributed by atoms with Crippen molar-refractivity contribution in [3.05, 3.63) is 57.4 Å². The van der Waals surface area contributed by atoms with Crippen LogP contribution in [0.3, 0.4) is 0 Å². The fraction of sp³-hybridized carbons (Fsp3) is 0.316. The van der Waals surface area contributed by atoms with E-state index in [4.69, 9.17) is 16.3 Å². The lowest BCUT2D eigenvalue weighted by Crippen LogP contribution is -2.31. The van der Waals surface area contributed by atoms with Crippen molar-refractivity contribution in [1.82, 2.24) is 10.3 Å². The minimum absolute atomic E-state index is 0.134. The molecule has 0 aliphatic carbocycles. The third-order valence-electron chi connectivity index (χ3n) is 4.08. The van der Waals surface area contributed by atoms with E-state index in [-0.39, 0.29) is 17.5 Å². The lowest BCUT2D eigenvalue weighted by molar-refractivity contribution is -0.124. The predicted molar refractivity (Wildman–Crippen MR) is 98.6 cm³/mol. The normalized spacial score (nSPS) is 11.7. The van der Waals surface area contributed by atoms with E-state index in [9.17, 15) is 14.4 Å². The molecule has 138 valence electrons. The smallest absolute Gasteiger partial charge is 0.355 e. The Hall–Kier alpha value is -2.60. The molecule has 6 nitrogen and oxygen atoms in total. The van der Waals surface area contributed by atoms with Crippen LogP contribution in [0.2, 0.25) is 5.02 Å². The second-order valence-corrected chi connectivity index (χ2v) is 6.53. The van der Waals surface area contributed by atoms with E-state index in [1.807, 2.05) is 19.1 Å². The molecular weight excluding hydrogens is 356 g/mol. The predicted octanol–water partition coefficient (Wildman–Crippen LogP) is 3.52. The minimum atomic E-state index is -0.674. The van der Waals surface area contributed by atoms with E-state index in [1.165, 1.54) is 6.92 Å². The maximum atomic E-state index is 12.2. The van der Waals surface area contributed by atoms with Gasteiger partial charge in [-0.1, -0.05) is 23.7 Å². The Morgan fingerprint density at radius 1 is 1.19 bits per heavy atom. The van der Waals surface area contributed by atoms with Crippen molar-refractivity contribution < 1.29 is 19.1 Å². The number of nitrogens with one attached hydrogen (secondary N) is 2. The summed E-state index contributed by atoms with van der Waals surface area (Å²) in [5.41, 5.74) is 2.66. The van der Waals surface area contributed by atoms with Gasteiger partial charge in [0, 0.05) is 16.3 Å². The largest absolute Gasteiger partial charge is 0.451 e. The number of amides is 1. The molecule has 0 aliphatic rings. The molecule has 1 heterocycles. The van der Waals surface area contributed by atoms with Gasteiger partial charge in [0.2, 0.25) is 0 Å². The third kappa shape index (κ3) is 4.52. The second kappa shape index (κ2) is 8.19. The number of ether oxygens (including phenoxy) is 1. The molecule has 26 heavy (non-hydrogen) atoms. The molecule has 0 aliphatic heterocycles. The van der Waals surface area contributed by atoms with Gasteiger partial charge in [0.1, 0.15) is 5.69 Å². The van der Waals surface area contributed by atoms with E-state index in [1.54, 1.807) is 26.0 Å². The summed E-state index contributed by atoms with van der Waals surface area (Å²) < 4.78 is 5.06. The van der Waals surface area contributed by atoms with Gasteiger partial charge in [-0.05, 0) is 51.0 Å². The van der Waals surface area contributed by atoms with E-state index in [2.05, 4.69) is 10.3 Å². The van der Waals surface area contributed by atoms with Gasteiger partial charge in [0.15, 0.2) is 12.4 Å². The van der Waals surface area contributed by atoms with Crippen LogP contribution in [0.15, 0.2) is 24.3 Å². The van der Waals surface area contributed by atoms with Gasteiger partial charge >= 0.3 is 5.97 Å². The zero-order valence-electron chi connectivity index (χ0n) is 15.1.